The number of carbonyl (C=O) groups is 1. The second-order valence-electron chi connectivity index (χ2n) is 10.8. The Morgan fingerprint density at radius 1 is 0.489 bits per heavy atom. The second kappa shape index (κ2) is 15.3. The van der Waals surface area contributed by atoms with E-state index < -0.39 is 5.97 Å². The molecule has 0 radical (unpaired) electrons. The van der Waals surface area contributed by atoms with Gasteiger partial charge in [-0.25, -0.2) is 4.79 Å². The third-order valence-electron chi connectivity index (χ3n) is 7.69. The minimum absolute atomic E-state index is 0.296. The zero-order valence-electron chi connectivity index (χ0n) is 26.1. The smallest absolute Gasteiger partial charge is 0.330 e. The molecule has 0 bridgehead atoms. The van der Waals surface area contributed by atoms with Crippen molar-refractivity contribution in [2.75, 3.05) is 23.0 Å². The van der Waals surface area contributed by atoms with Crippen LogP contribution in [0.25, 0.3) is 11.1 Å². The Bertz CT molecular complexity index is 1820. The minimum Gasteiger partial charge on any atom is -0.493 e. The molecular weight excluding hydrogens is 580 g/mol. The van der Waals surface area contributed by atoms with E-state index in [1.807, 2.05) is 42.5 Å². The molecule has 0 aliphatic carbocycles. The third kappa shape index (κ3) is 7.78. The quantitative estimate of drug-likeness (QED) is 0.0734. The number of para-hydroxylation sites is 3. The predicted molar refractivity (Wildman–Crippen MR) is 193 cm³/mol. The third-order valence-corrected chi connectivity index (χ3v) is 7.69. The van der Waals surface area contributed by atoms with Crippen LogP contribution in [-0.4, -0.2) is 19.2 Å². The summed E-state index contributed by atoms with van der Waals surface area (Å²) in [5.41, 5.74) is 8.74. The maximum atomic E-state index is 11.2. The molecule has 0 aliphatic rings. The van der Waals surface area contributed by atoms with E-state index in [1.54, 1.807) is 0 Å². The second-order valence-corrected chi connectivity index (χ2v) is 10.8. The van der Waals surface area contributed by atoms with Crippen molar-refractivity contribution in [2.45, 2.75) is 6.42 Å². The van der Waals surface area contributed by atoms with Gasteiger partial charge in [0.2, 0.25) is 0 Å². The summed E-state index contributed by atoms with van der Waals surface area (Å²) in [6.45, 7) is 4.15. The molecule has 0 N–H and O–H groups in total. The van der Waals surface area contributed by atoms with E-state index >= 15 is 0 Å². The highest BCUT2D eigenvalue weighted by atomic mass is 16.5. The molecule has 6 rings (SSSR count). The Morgan fingerprint density at radius 2 is 0.851 bits per heavy atom. The average molecular weight is 617 g/mol. The lowest BCUT2D eigenvalue weighted by Crippen LogP contribution is -2.10. The summed E-state index contributed by atoms with van der Waals surface area (Å²) in [6.07, 6.45) is 1.76. The van der Waals surface area contributed by atoms with Gasteiger partial charge in [-0.05, 0) is 96.1 Å². The van der Waals surface area contributed by atoms with Crippen molar-refractivity contribution in [2.24, 2.45) is 0 Å². The van der Waals surface area contributed by atoms with Crippen molar-refractivity contribution in [1.29, 1.82) is 0 Å². The van der Waals surface area contributed by atoms with E-state index in [0.717, 1.165) is 57.1 Å². The highest BCUT2D eigenvalue weighted by Gasteiger charge is 2.14. The Kier molecular flexibility index (Phi) is 10.1. The molecule has 0 saturated carbocycles. The van der Waals surface area contributed by atoms with E-state index in [-0.39, 0.29) is 0 Å². The molecule has 6 aromatic carbocycles. The highest BCUT2D eigenvalue weighted by molar-refractivity contribution is 5.81. The van der Waals surface area contributed by atoms with Gasteiger partial charge in [-0.2, -0.15) is 0 Å². The van der Waals surface area contributed by atoms with Crippen molar-refractivity contribution >= 4 is 40.1 Å². The summed E-state index contributed by atoms with van der Waals surface area (Å²) in [5, 5.41) is 0. The molecule has 232 valence electrons. The number of esters is 1. The summed E-state index contributed by atoms with van der Waals surface area (Å²) in [7, 11) is 0. The number of nitrogens with zero attached hydrogens (tertiary/aromatic N) is 2. The van der Waals surface area contributed by atoms with Gasteiger partial charge in [0.1, 0.15) is 5.75 Å². The number of benzene rings is 6. The van der Waals surface area contributed by atoms with Gasteiger partial charge in [-0.3, -0.25) is 0 Å². The van der Waals surface area contributed by atoms with Crippen molar-refractivity contribution in [3.8, 4) is 16.9 Å². The average Bonchev–Trinajstić information content (AvgIpc) is 3.14. The fraction of sp³-hybridized carbons (Fsp3) is 0.0714. The molecule has 0 amide bonds. The highest BCUT2D eigenvalue weighted by Crippen LogP contribution is 2.38. The van der Waals surface area contributed by atoms with Gasteiger partial charge in [0.25, 0.3) is 0 Å². The molecule has 0 unspecified atom stereocenters. The first-order valence-electron chi connectivity index (χ1n) is 15.7. The first kappa shape index (κ1) is 30.9. The fourth-order valence-electron chi connectivity index (χ4n) is 5.40. The molecular formula is C42H36N2O3. The van der Waals surface area contributed by atoms with Crippen LogP contribution in [0.15, 0.2) is 176 Å². The Labute approximate surface area is 276 Å². The lowest BCUT2D eigenvalue weighted by Gasteiger charge is -2.26. The first-order valence-corrected chi connectivity index (χ1v) is 15.7. The molecule has 0 saturated heterocycles. The molecule has 47 heavy (non-hydrogen) atoms. The maximum absolute atomic E-state index is 11.2. The van der Waals surface area contributed by atoms with Gasteiger partial charge in [-0.15, -0.1) is 0 Å². The van der Waals surface area contributed by atoms with Gasteiger partial charge in [-0.1, -0.05) is 85.4 Å². The van der Waals surface area contributed by atoms with E-state index in [1.165, 1.54) is 0 Å². The van der Waals surface area contributed by atoms with Crippen LogP contribution in [0.1, 0.15) is 6.42 Å². The molecule has 0 aromatic heterocycles. The fourth-order valence-corrected chi connectivity index (χ4v) is 5.40. The molecule has 5 nitrogen and oxygen atoms in total. The zero-order chi connectivity index (χ0) is 32.3. The lowest BCUT2D eigenvalue weighted by molar-refractivity contribution is -0.137. The standard InChI is InChI=1S/C42H36N2O3/c1-2-42(45)47-32-12-31-46-41-29-27-40(28-30-41)44(37-17-10-5-11-18-37)39-25-21-34(22-26-39)33-19-23-38(24-20-33)43(35-13-6-3-7-14-35)36-15-8-4-9-16-36/h2-11,13-30H,1,12,31-32H2. The minimum atomic E-state index is -0.421. The van der Waals surface area contributed by atoms with E-state index in [9.17, 15) is 4.79 Å². The van der Waals surface area contributed by atoms with Gasteiger partial charge < -0.3 is 19.3 Å². The van der Waals surface area contributed by atoms with Crippen molar-refractivity contribution < 1.29 is 14.3 Å². The summed E-state index contributed by atoms with van der Waals surface area (Å²) in [5.74, 6) is 0.337. The van der Waals surface area contributed by atoms with Crippen LogP contribution in [-0.2, 0) is 9.53 Å². The van der Waals surface area contributed by atoms with Crippen molar-refractivity contribution in [3.63, 3.8) is 0 Å². The molecule has 0 atom stereocenters. The number of anilines is 6. The summed E-state index contributed by atoms with van der Waals surface area (Å²) >= 11 is 0. The van der Waals surface area contributed by atoms with Gasteiger partial charge in [0.15, 0.2) is 0 Å². The van der Waals surface area contributed by atoms with Crippen molar-refractivity contribution in [1.82, 2.24) is 0 Å². The van der Waals surface area contributed by atoms with Crippen LogP contribution in [0.4, 0.5) is 34.1 Å². The van der Waals surface area contributed by atoms with Crippen molar-refractivity contribution in [3.05, 3.63) is 176 Å². The van der Waals surface area contributed by atoms with Crippen LogP contribution in [0.3, 0.4) is 0 Å². The Hall–Kier alpha value is -6.07. The number of rotatable bonds is 13. The molecule has 5 heteroatoms. The molecule has 0 spiro atoms. The number of hydrogen-bond acceptors (Lipinski definition) is 5. The number of hydrogen-bond donors (Lipinski definition) is 0. The van der Waals surface area contributed by atoms with Crippen LogP contribution in [0, 0.1) is 0 Å². The van der Waals surface area contributed by atoms with Gasteiger partial charge in [0.05, 0.1) is 13.2 Å². The number of ether oxygens (including phenoxy) is 2. The largest absolute Gasteiger partial charge is 0.493 e. The summed E-state index contributed by atoms with van der Waals surface area (Å²) < 4.78 is 10.9. The molecule has 6 aromatic rings. The Balaban J connectivity index is 1.20. The summed E-state index contributed by atoms with van der Waals surface area (Å²) in [4.78, 5) is 15.7. The van der Waals surface area contributed by atoms with Gasteiger partial charge >= 0.3 is 5.97 Å². The lowest BCUT2D eigenvalue weighted by atomic mass is 10.0. The maximum Gasteiger partial charge on any atom is 0.330 e. The molecule has 0 fully saturated rings. The monoisotopic (exact) mass is 616 g/mol. The summed E-state index contributed by atoms with van der Waals surface area (Å²) in [6, 6.07) is 56.6. The molecule has 0 aliphatic heterocycles. The number of carbonyl (C=O) groups excluding carboxylic acids is 1. The van der Waals surface area contributed by atoms with Crippen LogP contribution in [0.5, 0.6) is 5.75 Å². The first-order chi connectivity index (χ1) is 23.2. The van der Waals surface area contributed by atoms with E-state index in [4.69, 9.17) is 9.47 Å². The molecule has 0 heterocycles. The predicted octanol–water partition coefficient (Wildman–Crippen LogP) is 10.8. The van der Waals surface area contributed by atoms with Crippen LogP contribution < -0.4 is 14.5 Å². The van der Waals surface area contributed by atoms with Gasteiger partial charge in [0, 0.05) is 46.6 Å². The van der Waals surface area contributed by atoms with E-state index in [0.29, 0.717) is 19.6 Å². The SMILES string of the molecule is C=CC(=O)OCCCOc1ccc(N(c2ccccc2)c2ccc(-c3ccc(N(c4ccccc4)c4ccccc4)cc3)cc2)cc1. The van der Waals surface area contributed by atoms with Crippen LogP contribution >= 0.6 is 0 Å². The van der Waals surface area contributed by atoms with E-state index in [2.05, 4.69) is 138 Å². The topological polar surface area (TPSA) is 42.0 Å². The van der Waals surface area contributed by atoms with Crippen LogP contribution in [0.2, 0.25) is 0 Å². The normalized spacial score (nSPS) is 10.6. The zero-order valence-corrected chi connectivity index (χ0v) is 26.1. The Morgan fingerprint density at radius 3 is 1.23 bits per heavy atom.